The molecule has 0 aliphatic rings. The van der Waals surface area contributed by atoms with Crippen molar-refractivity contribution in [3.05, 3.63) is 57.6 Å². The molecule has 0 aromatic heterocycles. The first-order valence-corrected chi connectivity index (χ1v) is 7.11. The van der Waals surface area contributed by atoms with Crippen molar-refractivity contribution < 1.29 is 28.7 Å². The minimum atomic E-state index is -0.863. The van der Waals surface area contributed by atoms with Crippen LogP contribution in [-0.2, 0) is 0 Å². The van der Waals surface area contributed by atoms with Crippen molar-refractivity contribution in [3.63, 3.8) is 0 Å². The molecule has 0 fully saturated rings. The number of hydrogen-bond acceptors (Lipinski definition) is 7. The highest BCUT2D eigenvalue weighted by Gasteiger charge is 2.25. The average Bonchev–Trinajstić information content (AvgIpc) is 2.60. The first kappa shape index (κ1) is 17.9. The van der Waals surface area contributed by atoms with E-state index in [2.05, 4.69) is 0 Å². The largest absolute Gasteiger partial charge is 0.493 e. The molecule has 130 valence electrons. The predicted octanol–water partition coefficient (Wildman–Crippen LogP) is 3.03. The SMILES string of the molecule is COc1cc(C(=O)Oc2ccccc2C(C)=O)cc([N+](=O)[O-])c1OC. The Bertz CT molecular complexity index is 845. The van der Waals surface area contributed by atoms with E-state index in [0.29, 0.717) is 0 Å². The summed E-state index contributed by atoms with van der Waals surface area (Å²) in [4.78, 5) is 34.5. The summed E-state index contributed by atoms with van der Waals surface area (Å²) < 4.78 is 15.2. The molecule has 0 radical (unpaired) electrons. The van der Waals surface area contributed by atoms with Crippen LogP contribution >= 0.6 is 0 Å². The van der Waals surface area contributed by atoms with Crippen LogP contribution in [0.3, 0.4) is 0 Å². The summed E-state index contributed by atoms with van der Waals surface area (Å²) in [5.74, 6) is -1.16. The molecule has 2 aromatic rings. The highest BCUT2D eigenvalue weighted by atomic mass is 16.6. The Balaban J connectivity index is 2.45. The number of benzene rings is 2. The Hall–Kier alpha value is -3.42. The molecule has 0 amide bonds. The van der Waals surface area contributed by atoms with E-state index in [1.807, 2.05) is 0 Å². The molecule has 0 unspecified atom stereocenters. The minimum Gasteiger partial charge on any atom is -0.493 e. The molecule has 0 bridgehead atoms. The second-order valence-corrected chi connectivity index (χ2v) is 4.93. The third-order valence-electron chi connectivity index (χ3n) is 3.36. The summed E-state index contributed by atoms with van der Waals surface area (Å²) in [6.45, 7) is 1.34. The van der Waals surface area contributed by atoms with Gasteiger partial charge in [-0.15, -0.1) is 0 Å². The van der Waals surface area contributed by atoms with Gasteiger partial charge in [-0.1, -0.05) is 12.1 Å². The van der Waals surface area contributed by atoms with Gasteiger partial charge in [-0.3, -0.25) is 14.9 Å². The number of Topliss-reactive ketones (excluding diaryl/α,β-unsaturated/α-hetero) is 1. The van der Waals surface area contributed by atoms with Crippen LogP contribution in [0.25, 0.3) is 0 Å². The van der Waals surface area contributed by atoms with Crippen LogP contribution in [0.15, 0.2) is 36.4 Å². The molecule has 8 heteroatoms. The Morgan fingerprint density at radius 3 is 2.28 bits per heavy atom. The third-order valence-corrected chi connectivity index (χ3v) is 3.36. The zero-order valence-electron chi connectivity index (χ0n) is 13.8. The van der Waals surface area contributed by atoms with Crippen molar-refractivity contribution in [3.8, 4) is 17.2 Å². The van der Waals surface area contributed by atoms with Crippen molar-refractivity contribution in [2.75, 3.05) is 14.2 Å². The summed E-state index contributed by atoms with van der Waals surface area (Å²) in [5, 5.41) is 11.2. The van der Waals surface area contributed by atoms with Crippen LogP contribution in [-0.4, -0.2) is 30.9 Å². The number of ketones is 1. The van der Waals surface area contributed by atoms with Gasteiger partial charge in [0, 0.05) is 6.07 Å². The number of ether oxygens (including phenoxy) is 3. The maximum Gasteiger partial charge on any atom is 0.343 e. The van der Waals surface area contributed by atoms with E-state index in [-0.39, 0.29) is 34.2 Å². The lowest BCUT2D eigenvalue weighted by molar-refractivity contribution is -0.385. The van der Waals surface area contributed by atoms with Crippen molar-refractivity contribution >= 4 is 17.4 Å². The van der Waals surface area contributed by atoms with Crippen LogP contribution in [0.2, 0.25) is 0 Å². The predicted molar refractivity (Wildman–Crippen MR) is 87.6 cm³/mol. The lowest BCUT2D eigenvalue weighted by Crippen LogP contribution is -2.12. The van der Waals surface area contributed by atoms with Crippen LogP contribution in [0.4, 0.5) is 5.69 Å². The zero-order chi connectivity index (χ0) is 18.6. The number of para-hydroxylation sites is 1. The van der Waals surface area contributed by atoms with Crippen molar-refractivity contribution in [1.82, 2.24) is 0 Å². The van der Waals surface area contributed by atoms with Crippen LogP contribution in [0, 0.1) is 10.1 Å². The molecule has 0 aliphatic carbocycles. The number of nitro benzene ring substituents is 1. The summed E-state index contributed by atoms with van der Waals surface area (Å²) in [5.41, 5.74) is -0.317. The monoisotopic (exact) mass is 345 g/mol. The number of rotatable bonds is 6. The molecule has 25 heavy (non-hydrogen) atoms. The standard InChI is InChI=1S/C17H15NO7/c1-10(19)12-6-4-5-7-14(12)25-17(20)11-8-13(18(21)22)16(24-3)15(9-11)23-2/h4-9H,1-3H3. The number of nitro groups is 1. The fourth-order valence-corrected chi connectivity index (χ4v) is 2.20. The Kier molecular flexibility index (Phi) is 5.33. The normalized spacial score (nSPS) is 10.0. The quantitative estimate of drug-likeness (QED) is 0.260. The summed E-state index contributed by atoms with van der Waals surface area (Å²) >= 11 is 0. The van der Waals surface area contributed by atoms with E-state index < -0.39 is 16.6 Å². The number of nitrogens with zero attached hydrogens (tertiary/aromatic N) is 1. The van der Waals surface area contributed by atoms with Gasteiger partial charge >= 0.3 is 11.7 Å². The van der Waals surface area contributed by atoms with Crippen LogP contribution in [0.5, 0.6) is 17.2 Å². The van der Waals surface area contributed by atoms with Gasteiger partial charge in [0.2, 0.25) is 5.75 Å². The molecule has 8 nitrogen and oxygen atoms in total. The molecule has 2 aromatic carbocycles. The summed E-state index contributed by atoms with van der Waals surface area (Å²) in [6.07, 6.45) is 0. The molecular formula is C17H15NO7. The maximum absolute atomic E-state index is 12.4. The van der Waals surface area contributed by atoms with Gasteiger partial charge < -0.3 is 14.2 Å². The van der Waals surface area contributed by atoms with Gasteiger partial charge in [-0.2, -0.15) is 0 Å². The Labute approximate surface area is 143 Å². The van der Waals surface area contributed by atoms with E-state index in [1.54, 1.807) is 12.1 Å². The van der Waals surface area contributed by atoms with Gasteiger partial charge in [0.1, 0.15) is 5.75 Å². The summed E-state index contributed by atoms with van der Waals surface area (Å²) in [7, 11) is 2.55. The zero-order valence-corrected chi connectivity index (χ0v) is 13.8. The number of hydrogen-bond donors (Lipinski definition) is 0. The molecular weight excluding hydrogens is 330 g/mol. The highest BCUT2D eigenvalue weighted by Crippen LogP contribution is 2.38. The molecule has 2 rings (SSSR count). The number of esters is 1. The lowest BCUT2D eigenvalue weighted by Gasteiger charge is -2.11. The minimum absolute atomic E-state index is 0.0171. The fraction of sp³-hybridized carbons (Fsp3) is 0.176. The second kappa shape index (κ2) is 7.43. The van der Waals surface area contributed by atoms with E-state index in [4.69, 9.17) is 14.2 Å². The van der Waals surface area contributed by atoms with E-state index in [1.165, 1.54) is 39.3 Å². The van der Waals surface area contributed by atoms with Gasteiger partial charge in [-0.05, 0) is 25.1 Å². The van der Waals surface area contributed by atoms with Gasteiger partial charge in [-0.25, -0.2) is 4.79 Å². The molecule has 0 heterocycles. The molecule has 0 spiro atoms. The second-order valence-electron chi connectivity index (χ2n) is 4.93. The van der Waals surface area contributed by atoms with Gasteiger partial charge in [0.25, 0.3) is 0 Å². The fourth-order valence-electron chi connectivity index (χ4n) is 2.20. The smallest absolute Gasteiger partial charge is 0.343 e. The molecule has 0 saturated carbocycles. The maximum atomic E-state index is 12.4. The van der Waals surface area contributed by atoms with Crippen molar-refractivity contribution in [2.24, 2.45) is 0 Å². The van der Waals surface area contributed by atoms with E-state index >= 15 is 0 Å². The topological polar surface area (TPSA) is 105 Å². The molecule has 0 N–H and O–H groups in total. The molecule has 0 atom stereocenters. The third kappa shape index (κ3) is 3.74. The highest BCUT2D eigenvalue weighted by molar-refractivity contribution is 5.99. The van der Waals surface area contributed by atoms with Crippen LogP contribution < -0.4 is 14.2 Å². The lowest BCUT2D eigenvalue weighted by atomic mass is 10.1. The Morgan fingerprint density at radius 2 is 1.72 bits per heavy atom. The number of carbonyl (C=O) groups excluding carboxylic acids is 2. The van der Waals surface area contributed by atoms with Crippen molar-refractivity contribution in [1.29, 1.82) is 0 Å². The average molecular weight is 345 g/mol. The van der Waals surface area contributed by atoms with Gasteiger partial charge in [0.05, 0.1) is 30.3 Å². The summed E-state index contributed by atoms with van der Waals surface area (Å²) in [6, 6.07) is 8.51. The van der Waals surface area contributed by atoms with E-state index in [9.17, 15) is 19.7 Å². The first-order valence-electron chi connectivity index (χ1n) is 7.11. The van der Waals surface area contributed by atoms with Crippen LogP contribution in [0.1, 0.15) is 27.6 Å². The number of carbonyl (C=O) groups is 2. The molecule has 0 aliphatic heterocycles. The van der Waals surface area contributed by atoms with E-state index in [0.717, 1.165) is 6.07 Å². The Morgan fingerprint density at radius 1 is 1.04 bits per heavy atom. The first-order chi connectivity index (χ1) is 11.9. The van der Waals surface area contributed by atoms with Crippen molar-refractivity contribution in [2.45, 2.75) is 6.92 Å². The molecule has 0 saturated heterocycles. The number of methoxy groups -OCH3 is 2. The van der Waals surface area contributed by atoms with Gasteiger partial charge in [0.15, 0.2) is 11.5 Å².